The minimum Gasteiger partial charge on any atom is -0.382 e. The van der Waals surface area contributed by atoms with E-state index in [1.807, 2.05) is 13.8 Å². The van der Waals surface area contributed by atoms with Crippen LogP contribution < -0.4 is 0 Å². The van der Waals surface area contributed by atoms with Crippen molar-refractivity contribution in [3.8, 4) is 0 Å². The minimum atomic E-state index is -0.0465. The van der Waals surface area contributed by atoms with Crippen molar-refractivity contribution in [2.45, 2.75) is 127 Å². The zero-order valence-electron chi connectivity index (χ0n) is 17.0. The fourth-order valence-corrected chi connectivity index (χ4v) is 10.7. The predicted molar refractivity (Wildman–Crippen MR) is 111 cm³/mol. The van der Waals surface area contributed by atoms with Gasteiger partial charge in [0, 0.05) is 41.6 Å². The molecule has 0 bridgehead atoms. The summed E-state index contributed by atoms with van der Waals surface area (Å²) in [6.45, 7) is 5.67. The molecule has 0 radical (unpaired) electrons. The van der Waals surface area contributed by atoms with Gasteiger partial charge in [-0.1, -0.05) is 19.3 Å². The second-order valence-corrected chi connectivity index (χ2v) is 11.7. The van der Waals surface area contributed by atoms with Gasteiger partial charge in [0.2, 0.25) is 0 Å². The third-order valence-corrected chi connectivity index (χ3v) is 11.2. The van der Waals surface area contributed by atoms with Crippen LogP contribution >= 0.6 is 7.92 Å². The van der Waals surface area contributed by atoms with Crippen LogP contribution in [0.1, 0.15) is 110 Å². The van der Waals surface area contributed by atoms with Gasteiger partial charge in [-0.2, -0.15) is 0 Å². The van der Waals surface area contributed by atoms with Crippen LogP contribution in [0, 0.1) is 0 Å². The summed E-state index contributed by atoms with van der Waals surface area (Å²) in [5.41, 5.74) is 3.68. The van der Waals surface area contributed by atoms with Crippen molar-refractivity contribution in [3.05, 3.63) is 0 Å². The molecule has 0 unspecified atom stereocenters. The van der Waals surface area contributed by atoms with Gasteiger partial charge in [-0.3, -0.25) is 0 Å². The van der Waals surface area contributed by atoms with E-state index in [-0.39, 0.29) is 28.3 Å². The Morgan fingerprint density at radius 2 is 0.840 bits per heavy atom. The first kappa shape index (κ1) is 24.1. The summed E-state index contributed by atoms with van der Waals surface area (Å²) in [7, 11) is -0.0465. The molecule has 0 atom stereocenters. The van der Waals surface area contributed by atoms with Crippen LogP contribution in [-0.2, 0) is 25.2 Å². The molecule has 3 heteroatoms. The Labute approximate surface area is 173 Å². The second kappa shape index (κ2) is 15.0. The van der Waals surface area contributed by atoms with Crippen LogP contribution in [0.4, 0.5) is 0 Å². The number of ether oxygens (including phenoxy) is 1. The van der Waals surface area contributed by atoms with Crippen molar-refractivity contribution < 1.29 is 25.2 Å². The quantitative estimate of drug-likeness (QED) is 0.309. The Kier molecular flexibility index (Phi) is 14.5. The van der Waals surface area contributed by atoms with E-state index in [1.165, 1.54) is 17.0 Å². The largest absolute Gasteiger partial charge is 0.382 e. The van der Waals surface area contributed by atoms with E-state index in [0.29, 0.717) is 0 Å². The van der Waals surface area contributed by atoms with E-state index >= 15 is 0 Å². The van der Waals surface area contributed by atoms with Crippen molar-refractivity contribution >= 4 is 7.92 Å². The molecule has 0 spiro atoms. The molecule has 0 aromatic carbocycles. The predicted octanol–water partition coefficient (Wildman–Crippen LogP) is 7.24. The van der Waals surface area contributed by atoms with Gasteiger partial charge in [0.1, 0.15) is 0 Å². The van der Waals surface area contributed by atoms with Gasteiger partial charge >= 0.3 is 0 Å². The van der Waals surface area contributed by atoms with Crippen LogP contribution in [0.25, 0.3) is 0 Å². The molecule has 3 fully saturated rings. The molecule has 0 aliphatic heterocycles. The number of hydrogen-bond donors (Lipinski definition) is 0. The van der Waals surface area contributed by atoms with Crippen LogP contribution in [0.5, 0.6) is 0 Å². The molecule has 1 nitrogen and oxygen atoms in total. The normalized spacial score (nSPS) is 23.6. The first-order chi connectivity index (χ1) is 11.9. The van der Waals surface area contributed by atoms with Crippen molar-refractivity contribution in [2.24, 2.45) is 0 Å². The maximum absolute atomic E-state index is 4.83. The maximum Gasteiger partial charge on any atom is 0.0680 e. The van der Waals surface area contributed by atoms with Gasteiger partial charge in [0.15, 0.2) is 0 Å². The summed E-state index contributed by atoms with van der Waals surface area (Å²) >= 11 is 0. The SMILES string of the molecule is C1CCC([PH+](C2CCCCC2)C2CCCCC2)CC1.CCOCC.[Pd]. The zero-order chi connectivity index (χ0) is 17.0. The van der Waals surface area contributed by atoms with E-state index in [9.17, 15) is 0 Å². The van der Waals surface area contributed by atoms with E-state index in [1.54, 1.807) is 96.3 Å². The second-order valence-electron chi connectivity index (χ2n) is 8.29. The fourth-order valence-electron chi connectivity index (χ4n) is 5.51. The Balaban J connectivity index is 0.000000462. The molecule has 0 amide bonds. The average Bonchev–Trinajstić information content (AvgIpc) is 2.66. The molecule has 0 N–H and O–H groups in total. The Bertz CT molecular complexity index is 250. The standard InChI is InChI=1S/C18H33P.C4H10O.Pd/c1-4-10-16(11-5-1)19(17-12-6-2-7-13-17)18-14-8-3-9-15-18;1-3-5-4-2;/h16-18H,1-15H2;3-4H2,1-2H3;/p+1. The van der Waals surface area contributed by atoms with Gasteiger partial charge in [0.25, 0.3) is 0 Å². The molecule has 3 rings (SSSR count). The number of rotatable bonds is 5. The molecule has 0 aromatic rings. The van der Waals surface area contributed by atoms with Gasteiger partial charge in [-0.15, -0.1) is 0 Å². The third-order valence-electron chi connectivity index (χ3n) is 6.64. The fraction of sp³-hybridized carbons (Fsp3) is 1.00. The first-order valence-corrected chi connectivity index (χ1v) is 13.0. The van der Waals surface area contributed by atoms with Gasteiger partial charge in [-0.05, 0) is 90.9 Å². The van der Waals surface area contributed by atoms with Crippen molar-refractivity contribution in [3.63, 3.8) is 0 Å². The van der Waals surface area contributed by atoms with E-state index < -0.39 is 0 Å². The van der Waals surface area contributed by atoms with Gasteiger partial charge in [0.05, 0.1) is 17.0 Å². The smallest absolute Gasteiger partial charge is 0.0680 e. The molecule has 0 heterocycles. The topological polar surface area (TPSA) is 9.23 Å². The van der Waals surface area contributed by atoms with E-state index in [0.717, 1.165) is 13.2 Å². The van der Waals surface area contributed by atoms with Crippen molar-refractivity contribution in [1.82, 2.24) is 0 Å². The van der Waals surface area contributed by atoms with E-state index in [4.69, 9.17) is 4.74 Å². The van der Waals surface area contributed by atoms with Crippen LogP contribution in [0.2, 0.25) is 0 Å². The zero-order valence-corrected chi connectivity index (χ0v) is 19.5. The van der Waals surface area contributed by atoms with Gasteiger partial charge in [-0.25, -0.2) is 0 Å². The molecule has 3 saturated carbocycles. The van der Waals surface area contributed by atoms with Gasteiger partial charge < -0.3 is 4.74 Å². The summed E-state index contributed by atoms with van der Waals surface area (Å²) in [4.78, 5) is 0. The Hall–Kier alpha value is 1.05. The summed E-state index contributed by atoms with van der Waals surface area (Å²) in [6.07, 6.45) is 23.8. The molecule has 3 aliphatic rings. The minimum absolute atomic E-state index is 0. The summed E-state index contributed by atoms with van der Waals surface area (Å²) in [6, 6.07) is 0. The molecule has 3 aliphatic carbocycles. The summed E-state index contributed by atoms with van der Waals surface area (Å²) in [5, 5.41) is 0. The molecule has 0 aromatic heterocycles. The average molecular weight is 462 g/mol. The first-order valence-electron chi connectivity index (χ1n) is 11.3. The van der Waals surface area contributed by atoms with Crippen molar-refractivity contribution in [1.29, 1.82) is 0 Å². The number of hydrogen-bond acceptors (Lipinski definition) is 1. The molecule has 25 heavy (non-hydrogen) atoms. The Morgan fingerprint density at radius 1 is 0.560 bits per heavy atom. The van der Waals surface area contributed by atoms with Crippen molar-refractivity contribution in [2.75, 3.05) is 13.2 Å². The maximum atomic E-state index is 4.83. The van der Waals surface area contributed by atoms with Crippen LogP contribution in [-0.4, -0.2) is 30.2 Å². The molecular formula is C22H44OPPd+. The molecule has 152 valence electrons. The monoisotopic (exact) mass is 461 g/mol. The Morgan fingerprint density at radius 3 is 1.04 bits per heavy atom. The van der Waals surface area contributed by atoms with Crippen LogP contribution in [0.15, 0.2) is 0 Å². The van der Waals surface area contributed by atoms with E-state index in [2.05, 4.69) is 0 Å². The molecular weight excluding hydrogens is 418 g/mol. The van der Waals surface area contributed by atoms with Crippen LogP contribution in [0.3, 0.4) is 0 Å². The summed E-state index contributed by atoms with van der Waals surface area (Å²) in [5.74, 6) is 0. The summed E-state index contributed by atoms with van der Waals surface area (Å²) < 4.78 is 4.83. The third kappa shape index (κ3) is 8.73. The molecule has 0 saturated heterocycles.